The van der Waals surface area contributed by atoms with Crippen molar-refractivity contribution in [2.24, 2.45) is 0 Å². The zero-order chi connectivity index (χ0) is 14.5. The summed E-state index contributed by atoms with van der Waals surface area (Å²) in [6.45, 7) is 8.12. The van der Waals surface area contributed by atoms with E-state index in [4.69, 9.17) is 14.6 Å². The van der Waals surface area contributed by atoms with Gasteiger partial charge < -0.3 is 14.3 Å². The van der Waals surface area contributed by atoms with Crippen LogP contribution in [0.1, 0.15) is 33.3 Å². The van der Waals surface area contributed by atoms with Crippen molar-refractivity contribution in [1.82, 2.24) is 4.98 Å². The fraction of sp³-hybridized carbons (Fsp3) is 0.400. The van der Waals surface area contributed by atoms with E-state index in [9.17, 15) is 0 Å². The molecule has 3 rings (SSSR count). The molecule has 20 heavy (non-hydrogen) atoms. The van der Waals surface area contributed by atoms with Crippen LogP contribution in [0.15, 0.2) is 24.4 Å². The molecule has 0 saturated carbocycles. The average Bonchev–Trinajstić information content (AvgIpc) is 2.87. The van der Waals surface area contributed by atoms with Gasteiger partial charge in [0.15, 0.2) is 0 Å². The maximum atomic E-state index is 9.11. The second-order valence-corrected chi connectivity index (χ2v) is 6.21. The molecule has 1 aliphatic heterocycles. The van der Waals surface area contributed by atoms with E-state index in [1.54, 1.807) is 6.20 Å². The first kappa shape index (κ1) is 13.2. The zero-order valence-electron chi connectivity index (χ0n) is 12.2. The first-order valence-corrected chi connectivity index (χ1v) is 6.71. The van der Waals surface area contributed by atoms with Gasteiger partial charge in [0.1, 0.15) is 6.07 Å². The summed E-state index contributed by atoms with van der Waals surface area (Å²) in [4.78, 5) is 3.09. The number of H-pyrrole nitrogens is 1. The molecular weight excluding hydrogens is 251 g/mol. The summed E-state index contributed by atoms with van der Waals surface area (Å²) in [5.74, 6) is 0. The Bertz CT molecular complexity index is 696. The van der Waals surface area contributed by atoms with E-state index in [-0.39, 0.29) is 11.2 Å². The van der Waals surface area contributed by atoms with E-state index < -0.39 is 7.12 Å². The number of rotatable bonds is 1. The highest BCUT2D eigenvalue weighted by Crippen LogP contribution is 2.36. The van der Waals surface area contributed by atoms with Crippen LogP contribution in [0.25, 0.3) is 10.9 Å². The summed E-state index contributed by atoms with van der Waals surface area (Å²) in [5, 5.41) is 10.0. The van der Waals surface area contributed by atoms with Crippen LogP contribution in [0.5, 0.6) is 0 Å². The quantitative estimate of drug-likeness (QED) is 0.807. The first-order chi connectivity index (χ1) is 9.34. The van der Waals surface area contributed by atoms with E-state index in [0.717, 1.165) is 16.4 Å². The Hall–Kier alpha value is -1.77. The Kier molecular flexibility index (Phi) is 2.72. The summed E-state index contributed by atoms with van der Waals surface area (Å²) in [6.07, 6.45) is 1.72. The zero-order valence-corrected chi connectivity index (χ0v) is 12.2. The highest BCUT2D eigenvalue weighted by Gasteiger charge is 2.51. The SMILES string of the molecule is CC1(C)OB(c2ccc3[nH]cc(C#N)c3c2)OC1(C)C. The Morgan fingerprint density at radius 1 is 1.15 bits per heavy atom. The fourth-order valence-electron chi connectivity index (χ4n) is 2.36. The van der Waals surface area contributed by atoms with Crippen molar-refractivity contribution < 1.29 is 9.31 Å². The molecule has 1 aromatic carbocycles. The third-order valence-corrected chi connectivity index (χ3v) is 4.35. The molecule has 2 heterocycles. The number of nitrogens with one attached hydrogen (secondary N) is 1. The highest BCUT2D eigenvalue weighted by atomic mass is 16.7. The third kappa shape index (κ3) is 1.84. The minimum Gasteiger partial charge on any atom is -0.399 e. The van der Waals surface area contributed by atoms with Crippen molar-refractivity contribution in [1.29, 1.82) is 5.26 Å². The van der Waals surface area contributed by atoms with Crippen LogP contribution in [0.2, 0.25) is 0 Å². The predicted molar refractivity (Wildman–Crippen MR) is 78.7 cm³/mol. The van der Waals surface area contributed by atoms with Gasteiger partial charge in [-0.25, -0.2) is 0 Å². The summed E-state index contributed by atoms with van der Waals surface area (Å²) in [5.41, 5.74) is 1.80. The lowest BCUT2D eigenvalue weighted by molar-refractivity contribution is 0.00578. The Labute approximate surface area is 118 Å². The van der Waals surface area contributed by atoms with Crippen molar-refractivity contribution in [2.45, 2.75) is 38.9 Å². The maximum Gasteiger partial charge on any atom is 0.494 e. The monoisotopic (exact) mass is 268 g/mol. The molecule has 1 aliphatic rings. The lowest BCUT2D eigenvalue weighted by Crippen LogP contribution is -2.41. The van der Waals surface area contributed by atoms with Gasteiger partial charge in [-0.15, -0.1) is 0 Å². The molecule has 0 spiro atoms. The van der Waals surface area contributed by atoms with Crippen molar-refractivity contribution >= 4 is 23.5 Å². The smallest absolute Gasteiger partial charge is 0.399 e. The fourth-order valence-corrected chi connectivity index (χ4v) is 2.36. The maximum absolute atomic E-state index is 9.11. The number of fused-ring (bicyclic) bond motifs is 1. The average molecular weight is 268 g/mol. The van der Waals surface area contributed by atoms with E-state index in [1.165, 1.54) is 0 Å². The van der Waals surface area contributed by atoms with Crippen LogP contribution in [0.3, 0.4) is 0 Å². The second kappa shape index (κ2) is 4.11. The summed E-state index contributed by atoms with van der Waals surface area (Å²) in [7, 11) is -0.397. The van der Waals surface area contributed by atoms with Crippen molar-refractivity contribution in [2.75, 3.05) is 0 Å². The third-order valence-electron chi connectivity index (χ3n) is 4.35. The van der Waals surface area contributed by atoms with Gasteiger partial charge in [0.05, 0.1) is 16.8 Å². The van der Waals surface area contributed by atoms with Crippen LogP contribution in [0, 0.1) is 11.3 Å². The number of aromatic nitrogens is 1. The molecule has 4 nitrogen and oxygen atoms in total. The molecule has 2 aromatic rings. The van der Waals surface area contributed by atoms with Crippen LogP contribution in [-0.2, 0) is 9.31 Å². The Morgan fingerprint density at radius 2 is 1.80 bits per heavy atom. The number of hydrogen-bond donors (Lipinski definition) is 1. The lowest BCUT2D eigenvalue weighted by atomic mass is 9.78. The van der Waals surface area contributed by atoms with Gasteiger partial charge in [-0.3, -0.25) is 0 Å². The molecule has 5 heteroatoms. The molecule has 1 fully saturated rings. The standard InChI is InChI=1S/C15H17BN2O2/c1-14(2)15(3,4)20-16(19-14)11-5-6-13-12(7-11)10(8-17)9-18-13/h5-7,9,18H,1-4H3. The number of aromatic amines is 1. The van der Waals surface area contributed by atoms with E-state index in [2.05, 4.69) is 11.1 Å². The molecule has 0 unspecified atom stereocenters. The molecule has 0 radical (unpaired) electrons. The molecule has 0 amide bonds. The van der Waals surface area contributed by atoms with Gasteiger partial charge in [0, 0.05) is 17.1 Å². The van der Waals surface area contributed by atoms with E-state index >= 15 is 0 Å². The van der Waals surface area contributed by atoms with Gasteiger partial charge in [-0.05, 0) is 39.2 Å². The highest BCUT2D eigenvalue weighted by molar-refractivity contribution is 6.62. The first-order valence-electron chi connectivity index (χ1n) is 6.71. The summed E-state index contributed by atoms with van der Waals surface area (Å²) >= 11 is 0. The molecule has 1 N–H and O–H groups in total. The molecule has 1 aromatic heterocycles. The van der Waals surface area contributed by atoms with E-state index in [1.807, 2.05) is 45.9 Å². The molecule has 0 bridgehead atoms. The molecule has 0 atom stereocenters. The summed E-state index contributed by atoms with van der Waals surface area (Å²) in [6, 6.07) is 8.08. The Balaban J connectivity index is 2.02. The van der Waals surface area contributed by atoms with Crippen molar-refractivity contribution in [3.05, 3.63) is 30.0 Å². The largest absolute Gasteiger partial charge is 0.494 e. The Morgan fingerprint density at radius 3 is 2.40 bits per heavy atom. The van der Waals surface area contributed by atoms with E-state index in [0.29, 0.717) is 5.56 Å². The number of nitriles is 1. The van der Waals surface area contributed by atoms with Crippen LogP contribution < -0.4 is 5.46 Å². The van der Waals surface area contributed by atoms with Crippen molar-refractivity contribution in [3.63, 3.8) is 0 Å². The van der Waals surface area contributed by atoms with Gasteiger partial charge in [-0.1, -0.05) is 12.1 Å². The van der Waals surface area contributed by atoms with Gasteiger partial charge in [-0.2, -0.15) is 5.26 Å². The number of nitrogens with zero attached hydrogens (tertiary/aromatic N) is 1. The number of hydrogen-bond acceptors (Lipinski definition) is 3. The van der Waals surface area contributed by atoms with Crippen LogP contribution >= 0.6 is 0 Å². The topological polar surface area (TPSA) is 58.0 Å². The molecule has 102 valence electrons. The van der Waals surface area contributed by atoms with Crippen LogP contribution in [0.4, 0.5) is 0 Å². The van der Waals surface area contributed by atoms with Crippen molar-refractivity contribution in [3.8, 4) is 6.07 Å². The second-order valence-electron chi connectivity index (χ2n) is 6.21. The summed E-state index contributed by atoms with van der Waals surface area (Å²) < 4.78 is 12.1. The molecule has 1 saturated heterocycles. The molecule has 0 aliphatic carbocycles. The minimum atomic E-state index is -0.397. The normalized spacial score (nSPS) is 20.2. The molecular formula is C15H17BN2O2. The van der Waals surface area contributed by atoms with Gasteiger partial charge in [0.2, 0.25) is 0 Å². The predicted octanol–water partition coefficient (Wildman–Crippen LogP) is 2.34. The van der Waals surface area contributed by atoms with Gasteiger partial charge in [0.25, 0.3) is 0 Å². The van der Waals surface area contributed by atoms with Gasteiger partial charge >= 0.3 is 7.12 Å². The minimum absolute atomic E-state index is 0.358. The lowest BCUT2D eigenvalue weighted by Gasteiger charge is -2.32. The van der Waals surface area contributed by atoms with Crippen LogP contribution in [-0.4, -0.2) is 23.3 Å². The number of benzene rings is 1.